The number of likely N-dealkylation sites (N-methyl/N-ethyl adjacent to an activating group) is 1. The Morgan fingerprint density at radius 1 is 0.471 bits per heavy atom. The Bertz CT molecular complexity index is 3390. The first kappa shape index (κ1) is 91.3. The van der Waals surface area contributed by atoms with Gasteiger partial charge < -0.3 is 40.1 Å². The van der Waals surface area contributed by atoms with Crippen LogP contribution in [0.2, 0.25) is 5.02 Å². The van der Waals surface area contributed by atoms with Crippen LogP contribution >= 0.6 is 11.6 Å². The topological polar surface area (TPSA) is 101 Å². The van der Waals surface area contributed by atoms with Crippen molar-refractivity contribution in [2.75, 3.05) is 105 Å². The van der Waals surface area contributed by atoms with Crippen molar-refractivity contribution >= 4 is 23.0 Å². The number of morpholine rings is 1. The lowest BCUT2D eigenvalue weighted by Crippen LogP contribution is -2.44. The summed E-state index contributed by atoms with van der Waals surface area (Å²) in [4.78, 5) is 16.0. The Morgan fingerprint density at radius 2 is 0.846 bits per heavy atom. The van der Waals surface area contributed by atoms with Crippen LogP contribution in [0.5, 0.6) is 5.75 Å². The van der Waals surface area contributed by atoms with E-state index in [9.17, 15) is 17.6 Å². The molecule has 9 rings (SSSR count). The summed E-state index contributed by atoms with van der Waals surface area (Å²) in [5.41, 5.74) is 11.1. The highest BCUT2D eigenvalue weighted by atomic mass is 35.5. The van der Waals surface area contributed by atoms with Gasteiger partial charge in [-0.15, -0.1) is 0 Å². The number of methoxy groups -OCH3 is 1. The Hall–Kier alpha value is -6.92. The second kappa shape index (κ2) is 49.8. The molecule has 0 unspecified atom stereocenters. The number of anilines is 2. The Morgan fingerprint density at radius 3 is 1.23 bits per heavy atom. The van der Waals surface area contributed by atoms with Gasteiger partial charge in [0.2, 0.25) is 0 Å². The molecular weight excluding hydrogens is 1330 g/mol. The molecule has 574 valence electrons. The molecule has 2 aliphatic heterocycles. The minimum atomic E-state index is -4.26. The molecule has 0 saturated carbocycles. The molecule has 0 atom stereocenters. The van der Waals surface area contributed by atoms with Crippen molar-refractivity contribution in [3.63, 3.8) is 0 Å². The van der Waals surface area contributed by atoms with E-state index in [1.165, 1.54) is 63.5 Å². The molecule has 0 bridgehead atoms. The molecule has 2 aliphatic rings. The number of nitrogens with zero attached hydrogens (tertiary/aromatic N) is 8. The number of rotatable bonds is 24. The summed E-state index contributed by atoms with van der Waals surface area (Å²) in [7, 11) is 12.1. The van der Waals surface area contributed by atoms with Gasteiger partial charge in [0.05, 0.1) is 37.5 Å². The van der Waals surface area contributed by atoms with Crippen LogP contribution < -0.4 is 30.5 Å². The van der Waals surface area contributed by atoms with Crippen LogP contribution in [0.25, 0.3) is 0 Å². The lowest BCUT2D eigenvalue weighted by atomic mass is 10.1. The largest absolute Gasteiger partial charge is 0.497 e. The highest BCUT2D eigenvalue weighted by Gasteiger charge is 2.30. The predicted octanol–water partition coefficient (Wildman–Crippen LogP) is 17.9. The molecule has 104 heavy (non-hydrogen) atoms. The van der Waals surface area contributed by atoms with Gasteiger partial charge in [-0.2, -0.15) is 18.4 Å². The third-order valence-corrected chi connectivity index (χ3v) is 18.2. The van der Waals surface area contributed by atoms with Gasteiger partial charge >= 0.3 is 6.18 Å². The summed E-state index contributed by atoms with van der Waals surface area (Å²) < 4.78 is 60.4. The lowest BCUT2D eigenvalue weighted by molar-refractivity contribution is -0.137. The zero-order valence-electron chi connectivity index (χ0n) is 66.6. The molecule has 2 fully saturated rings. The lowest BCUT2D eigenvalue weighted by Gasteiger charge is -2.34. The highest BCUT2D eigenvalue weighted by molar-refractivity contribution is 6.31. The fourth-order valence-corrected chi connectivity index (χ4v) is 10.1. The first-order chi connectivity index (χ1) is 49.3. The fourth-order valence-electron chi connectivity index (χ4n) is 9.85. The van der Waals surface area contributed by atoms with Crippen LogP contribution in [0.4, 0.5) is 28.9 Å². The molecule has 18 heteroatoms. The molecule has 7 aromatic rings. The maximum atomic E-state index is 12.6. The van der Waals surface area contributed by atoms with Crippen LogP contribution in [0.3, 0.4) is 0 Å². The number of benzene rings is 7. The second-order valence-corrected chi connectivity index (χ2v) is 29.3. The normalized spacial score (nSPS) is 13.2. The van der Waals surface area contributed by atoms with Crippen LogP contribution in [-0.4, -0.2) is 162 Å². The summed E-state index contributed by atoms with van der Waals surface area (Å²) >= 11 is 6.05. The Kier molecular flexibility index (Phi) is 43.7. The minimum absolute atomic E-state index is 0.170. The molecule has 0 radical (unpaired) electrons. The van der Waals surface area contributed by atoms with Crippen LogP contribution in [0.1, 0.15) is 147 Å². The fraction of sp³-hybridized carbons (Fsp3) is 0.500. The van der Waals surface area contributed by atoms with Crippen molar-refractivity contribution < 1.29 is 27.0 Å². The van der Waals surface area contributed by atoms with Gasteiger partial charge in [0.15, 0.2) is 0 Å². The van der Waals surface area contributed by atoms with Crippen molar-refractivity contribution in [1.29, 1.82) is 5.26 Å². The molecule has 3 N–H and O–H groups in total. The minimum Gasteiger partial charge on any atom is -0.497 e. The van der Waals surface area contributed by atoms with E-state index < -0.39 is 11.7 Å². The maximum Gasteiger partial charge on any atom is 0.416 e. The number of alkyl halides is 3. The maximum absolute atomic E-state index is 12.6. The molecule has 2 saturated heterocycles. The van der Waals surface area contributed by atoms with E-state index in [1.54, 1.807) is 13.2 Å². The average Bonchev–Trinajstić information content (AvgIpc) is 0.841. The van der Waals surface area contributed by atoms with Crippen molar-refractivity contribution in [1.82, 2.24) is 40.4 Å². The Balaban J connectivity index is 0.000000316. The van der Waals surface area contributed by atoms with Gasteiger partial charge in [0.25, 0.3) is 0 Å². The SMILES string of the molecule is CC(C)N(C)Cc1ccc(F)cc1.CC(C)N(C)Cc1cccc(C(F)(F)F)c1.CC(C)N(C)Cc1ccccc1Cl.CC(C)NCc1ccc(C#N)cc1.CC(C)NCc1ccc(N2CCN(C)CC2)cc1.CC(C)NCc1ccc(N2CCOCC2)cc1.COc1ccc(CN(C)C(C)C)cc1. The van der Waals surface area contributed by atoms with Gasteiger partial charge in [-0.25, -0.2) is 4.39 Å². The summed E-state index contributed by atoms with van der Waals surface area (Å²) in [5.74, 6) is 0.747. The van der Waals surface area contributed by atoms with E-state index in [-0.39, 0.29) is 5.82 Å². The van der Waals surface area contributed by atoms with Crippen LogP contribution in [0, 0.1) is 17.1 Å². The molecule has 2 heterocycles. The average molecular weight is 1460 g/mol. The number of nitriles is 1. The molecule has 13 nitrogen and oxygen atoms in total. The van der Waals surface area contributed by atoms with Gasteiger partial charge in [-0.1, -0.05) is 150 Å². The molecular formula is C86H128ClF4N11O2. The monoisotopic (exact) mass is 1460 g/mol. The van der Waals surface area contributed by atoms with Gasteiger partial charge in [-0.3, -0.25) is 19.6 Å². The van der Waals surface area contributed by atoms with Gasteiger partial charge in [-0.05, 0) is 202 Å². The van der Waals surface area contributed by atoms with Crippen molar-refractivity contribution in [3.8, 4) is 11.8 Å². The van der Waals surface area contributed by atoms with E-state index in [1.807, 2.05) is 92.5 Å². The summed E-state index contributed by atoms with van der Waals surface area (Å²) in [6, 6.07) is 59.5. The van der Waals surface area contributed by atoms with Crippen LogP contribution in [-0.2, 0) is 56.7 Å². The quantitative estimate of drug-likeness (QED) is 0.0501. The number of hydrogen-bond donors (Lipinski definition) is 3. The zero-order chi connectivity index (χ0) is 77.3. The second-order valence-electron chi connectivity index (χ2n) is 28.9. The Labute approximate surface area is 630 Å². The highest BCUT2D eigenvalue weighted by Crippen LogP contribution is 2.30. The number of ether oxygens (including phenoxy) is 2. The standard InChI is InChI=1S/C15H25N3.C14H22N2O.C12H16F3N.C12H19NO.C11H16ClN.C11H16FN.C11H14N2/c1-13(2)16-12-14-4-6-15(7-5-14)18-10-8-17(3)9-11-18;1-12(2)15-11-13-3-5-14(6-4-13)16-7-9-17-10-8-16;1-9(2)16(3)8-10-5-4-6-11(7-10)12(13,14)15;1-10(2)13(3)9-11-5-7-12(14-4)8-6-11;1-9(2)13(3)8-10-6-4-5-7-11(10)12;1-9(2)13(3)8-10-4-6-11(12)7-5-10;1-9(2)13-8-11-5-3-10(7-12)4-6-11/h4-7,13,16H,8-12H2,1-3H3;3-6,12,15H,7-11H2,1-2H3;4-7,9H,8H2,1-3H3;5-8,10H,9H2,1-4H3;2*4-7,9H,8H2,1-3H3;3-6,9,13H,8H2,1-2H3. The third kappa shape index (κ3) is 38.9. The molecule has 0 spiro atoms. The van der Waals surface area contributed by atoms with E-state index in [0.717, 1.165) is 114 Å². The van der Waals surface area contributed by atoms with Crippen molar-refractivity contribution in [2.45, 2.75) is 191 Å². The third-order valence-electron chi connectivity index (χ3n) is 17.9. The van der Waals surface area contributed by atoms with Crippen LogP contribution in [0.15, 0.2) is 170 Å². The summed E-state index contributed by atoms with van der Waals surface area (Å²) in [6.07, 6.45) is -4.26. The van der Waals surface area contributed by atoms with E-state index in [0.29, 0.717) is 60.0 Å². The molecule has 0 aromatic heterocycles. The predicted molar refractivity (Wildman–Crippen MR) is 431 cm³/mol. The number of halogens is 5. The first-order valence-corrected chi connectivity index (χ1v) is 37.4. The van der Waals surface area contributed by atoms with Gasteiger partial charge in [0.1, 0.15) is 11.6 Å². The smallest absolute Gasteiger partial charge is 0.416 e. The van der Waals surface area contributed by atoms with E-state index in [4.69, 9.17) is 26.3 Å². The molecule has 0 amide bonds. The van der Waals surface area contributed by atoms with E-state index >= 15 is 0 Å². The molecule has 0 aliphatic carbocycles. The molecule has 7 aromatic carbocycles. The summed E-state index contributed by atoms with van der Waals surface area (Å²) in [6.45, 7) is 44.3. The number of nitrogens with one attached hydrogen (secondary N) is 3. The number of hydrogen-bond acceptors (Lipinski definition) is 13. The number of piperazine rings is 1. The van der Waals surface area contributed by atoms with E-state index in [2.05, 4.69) is 229 Å². The van der Waals surface area contributed by atoms with Crippen molar-refractivity contribution in [3.05, 3.63) is 231 Å². The summed E-state index contributed by atoms with van der Waals surface area (Å²) in [5, 5.41) is 19.6. The zero-order valence-corrected chi connectivity index (χ0v) is 67.4. The first-order valence-electron chi connectivity index (χ1n) is 37.0. The van der Waals surface area contributed by atoms with Gasteiger partial charge in [0, 0.05) is 144 Å². The van der Waals surface area contributed by atoms with Crippen molar-refractivity contribution in [2.24, 2.45) is 0 Å².